The lowest BCUT2D eigenvalue weighted by Crippen LogP contribution is -2.12. The van der Waals surface area contributed by atoms with Gasteiger partial charge in [0.1, 0.15) is 12.4 Å². The average Bonchev–Trinajstić information content (AvgIpc) is 2.52. The summed E-state index contributed by atoms with van der Waals surface area (Å²) < 4.78 is 11.1. The number of aromatic nitrogens is 2. The van der Waals surface area contributed by atoms with Gasteiger partial charge in [-0.25, -0.2) is 4.98 Å². The van der Waals surface area contributed by atoms with E-state index in [0.29, 0.717) is 24.9 Å². The smallest absolute Gasteiger partial charge is 0.219 e. The predicted molar refractivity (Wildman–Crippen MR) is 83.6 cm³/mol. The Morgan fingerprint density at radius 2 is 1.86 bits per heavy atom. The average molecular weight is 287 g/mol. The van der Waals surface area contributed by atoms with Gasteiger partial charge in [0, 0.05) is 18.7 Å². The van der Waals surface area contributed by atoms with E-state index in [1.807, 2.05) is 51.2 Å². The van der Waals surface area contributed by atoms with Crippen LogP contribution in [0.15, 0.2) is 36.4 Å². The Morgan fingerprint density at radius 1 is 1.10 bits per heavy atom. The minimum atomic E-state index is 0.201. The summed E-state index contributed by atoms with van der Waals surface area (Å²) in [4.78, 5) is 8.88. The van der Waals surface area contributed by atoms with Gasteiger partial charge in [-0.1, -0.05) is 30.3 Å². The summed E-state index contributed by atoms with van der Waals surface area (Å²) in [5.41, 5.74) is 0.956. The molecule has 0 aliphatic rings. The monoisotopic (exact) mass is 287 g/mol. The number of ether oxygens (including phenoxy) is 2. The van der Waals surface area contributed by atoms with Crippen LogP contribution in [0.25, 0.3) is 11.4 Å². The largest absolute Gasteiger partial charge is 0.475 e. The molecule has 0 aliphatic heterocycles. The first-order chi connectivity index (χ1) is 10.2. The molecule has 0 radical (unpaired) electrons. The Bertz CT molecular complexity index is 559. The molecule has 0 saturated carbocycles. The van der Waals surface area contributed by atoms with Crippen LogP contribution in [0.5, 0.6) is 5.88 Å². The van der Waals surface area contributed by atoms with Gasteiger partial charge in [0.15, 0.2) is 5.82 Å². The van der Waals surface area contributed by atoms with Crippen molar-refractivity contribution in [2.24, 2.45) is 0 Å². The highest BCUT2D eigenvalue weighted by Gasteiger charge is 2.07. The SMILES string of the molecule is CNc1cc(OCCOC(C)C)nc(-c2ccccc2)n1. The summed E-state index contributed by atoms with van der Waals surface area (Å²) in [6.45, 7) is 5.00. The molecule has 0 fully saturated rings. The molecule has 1 heterocycles. The molecule has 1 aromatic heterocycles. The highest BCUT2D eigenvalue weighted by Crippen LogP contribution is 2.21. The first-order valence-electron chi connectivity index (χ1n) is 7.05. The number of hydrogen-bond donors (Lipinski definition) is 1. The van der Waals surface area contributed by atoms with E-state index in [0.717, 1.165) is 11.4 Å². The first kappa shape index (κ1) is 15.3. The zero-order valence-corrected chi connectivity index (χ0v) is 12.7. The van der Waals surface area contributed by atoms with Gasteiger partial charge in [-0.3, -0.25) is 0 Å². The second-order valence-electron chi connectivity index (χ2n) is 4.80. The van der Waals surface area contributed by atoms with E-state index in [4.69, 9.17) is 9.47 Å². The normalized spacial score (nSPS) is 10.7. The van der Waals surface area contributed by atoms with E-state index in [9.17, 15) is 0 Å². The van der Waals surface area contributed by atoms with E-state index in [-0.39, 0.29) is 6.10 Å². The molecule has 1 aromatic carbocycles. The fraction of sp³-hybridized carbons (Fsp3) is 0.375. The molecule has 0 unspecified atom stereocenters. The second-order valence-corrected chi connectivity index (χ2v) is 4.80. The van der Waals surface area contributed by atoms with Crippen LogP contribution >= 0.6 is 0 Å². The van der Waals surface area contributed by atoms with E-state index < -0.39 is 0 Å². The van der Waals surface area contributed by atoms with Crippen LogP contribution < -0.4 is 10.1 Å². The molecule has 2 rings (SSSR count). The molecule has 0 amide bonds. The summed E-state index contributed by atoms with van der Waals surface area (Å²) in [6, 6.07) is 11.6. The summed E-state index contributed by atoms with van der Waals surface area (Å²) in [7, 11) is 1.82. The molecule has 2 aromatic rings. The molecule has 0 spiro atoms. The quantitative estimate of drug-likeness (QED) is 0.793. The highest BCUT2D eigenvalue weighted by atomic mass is 16.5. The molecule has 0 atom stereocenters. The van der Waals surface area contributed by atoms with Crippen LogP contribution in [0.3, 0.4) is 0 Å². The molecular formula is C16H21N3O2. The van der Waals surface area contributed by atoms with Gasteiger partial charge in [0.2, 0.25) is 5.88 Å². The summed E-state index contributed by atoms with van der Waals surface area (Å²) in [6.07, 6.45) is 0.201. The standard InChI is InChI=1S/C16H21N3O2/c1-12(2)20-9-10-21-15-11-14(17-3)18-16(19-15)13-7-5-4-6-8-13/h4-8,11-12H,9-10H2,1-3H3,(H,17,18,19). The zero-order valence-electron chi connectivity index (χ0n) is 12.7. The van der Waals surface area contributed by atoms with Gasteiger partial charge >= 0.3 is 0 Å². The van der Waals surface area contributed by atoms with E-state index in [1.54, 1.807) is 6.07 Å². The first-order valence-corrected chi connectivity index (χ1v) is 7.05. The van der Waals surface area contributed by atoms with Gasteiger partial charge in [-0.05, 0) is 13.8 Å². The van der Waals surface area contributed by atoms with Crippen LogP contribution in [0.4, 0.5) is 5.82 Å². The van der Waals surface area contributed by atoms with Crippen LogP contribution in [0, 0.1) is 0 Å². The third-order valence-electron chi connectivity index (χ3n) is 2.78. The van der Waals surface area contributed by atoms with E-state index >= 15 is 0 Å². The highest BCUT2D eigenvalue weighted by molar-refractivity contribution is 5.58. The number of rotatable bonds is 7. The Balaban J connectivity index is 2.11. The third kappa shape index (κ3) is 4.72. The Morgan fingerprint density at radius 3 is 2.52 bits per heavy atom. The van der Waals surface area contributed by atoms with Crippen molar-refractivity contribution in [3.8, 4) is 17.3 Å². The minimum Gasteiger partial charge on any atom is -0.475 e. The minimum absolute atomic E-state index is 0.201. The van der Waals surface area contributed by atoms with Crippen LogP contribution in [0.2, 0.25) is 0 Å². The predicted octanol–water partition coefficient (Wildman–Crippen LogP) is 2.99. The van der Waals surface area contributed by atoms with Gasteiger partial charge < -0.3 is 14.8 Å². The maximum atomic E-state index is 5.64. The second kappa shape index (κ2) is 7.59. The molecule has 0 bridgehead atoms. The van der Waals surface area contributed by atoms with E-state index in [2.05, 4.69) is 15.3 Å². The molecule has 112 valence electrons. The fourth-order valence-corrected chi connectivity index (χ4v) is 1.77. The number of nitrogens with zero attached hydrogens (tertiary/aromatic N) is 2. The van der Waals surface area contributed by atoms with Gasteiger partial charge in [-0.2, -0.15) is 4.98 Å². The fourth-order valence-electron chi connectivity index (χ4n) is 1.77. The number of benzene rings is 1. The summed E-state index contributed by atoms with van der Waals surface area (Å²) in [5.74, 6) is 1.91. The molecule has 0 saturated heterocycles. The zero-order chi connectivity index (χ0) is 15.1. The summed E-state index contributed by atoms with van der Waals surface area (Å²) >= 11 is 0. The van der Waals surface area contributed by atoms with Crippen LogP contribution in [0.1, 0.15) is 13.8 Å². The van der Waals surface area contributed by atoms with Crippen molar-refractivity contribution in [2.75, 3.05) is 25.6 Å². The van der Waals surface area contributed by atoms with Crippen molar-refractivity contribution in [2.45, 2.75) is 20.0 Å². The van der Waals surface area contributed by atoms with Crippen molar-refractivity contribution in [3.05, 3.63) is 36.4 Å². The van der Waals surface area contributed by atoms with Crippen molar-refractivity contribution >= 4 is 5.82 Å². The molecule has 5 heteroatoms. The Hall–Kier alpha value is -2.14. The molecule has 1 N–H and O–H groups in total. The molecule has 5 nitrogen and oxygen atoms in total. The molecule has 0 aliphatic carbocycles. The lowest BCUT2D eigenvalue weighted by molar-refractivity contribution is 0.0542. The molecular weight excluding hydrogens is 266 g/mol. The number of nitrogens with one attached hydrogen (secondary N) is 1. The third-order valence-corrected chi connectivity index (χ3v) is 2.78. The van der Waals surface area contributed by atoms with Crippen molar-refractivity contribution in [3.63, 3.8) is 0 Å². The Labute approximate surface area is 125 Å². The topological polar surface area (TPSA) is 56.3 Å². The van der Waals surface area contributed by atoms with Crippen molar-refractivity contribution < 1.29 is 9.47 Å². The Kier molecular flexibility index (Phi) is 5.51. The van der Waals surface area contributed by atoms with Gasteiger partial charge in [-0.15, -0.1) is 0 Å². The van der Waals surface area contributed by atoms with Crippen molar-refractivity contribution in [1.29, 1.82) is 0 Å². The van der Waals surface area contributed by atoms with Crippen molar-refractivity contribution in [1.82, 2.24) is 9.97 Å². The van der Waals surface area contributed by atoms with Gasteiger partial charge in [0.05, 0.1) is 12.7 Å². The summed E-state index contributed by atoms with van der Waals surface area (Å²) in [5, 5.41) is 3.02. The maximum absolute atomic E-state index is 5.64. The maximum Gasteiger partial charge on any atom is 0.219 e. The number of hydrogen-bond acceptors (Lipinski definition) is 5. The van der Waals surface area contributed by atoms with Crippen LogP contribution in [-0.4, -0.2) is 36.3 Å². The lowest BCUT2D eigenvalue weighted by Gasteiger charge is -2.11. The molecule has 21 heavy (non-hydrogen) atoms. The van der Waals surface area contributed by atoms with E-state index in [1.165, 1.54) is 0 Å². The lowest BCUT2D eigenvalue weighted by atomic mass is 10.2. The number of anilines is 1. The van der Waals surface area contributed by atoms with Crippen LogP contribution in [-0.2, 0) is 4.74 Å². The van der Waals surface area contributed by atoms with Gasteiger partial charge in [0.25, 0.3) is 0 Å².